The van der Waals surface area contributed by atoms with Crippen LogP contribution in [0.15, 0.2) is 42.5 Å². The van der Waals surface area contributed by atoms with Gasteiger partial charge in [-0.05, 0) is 53.3 Å². The lowest BCUT2D eigenvalue weighted by Crippen LogP contribution is -2.22. The molecule has 2 nitrogen and oxygen atoms in total. The average molecular weight is 284 g/mol. The number of anilines is 1. The maximum atomic E-state index is 13.4. The molecule has 0 saturated carbocycles. The highest BCUT2D eigenvalue weighted by molar-refractivity contribution is 5.48. The number of nitrogen functional groups attached to an aromatic ring is 1. The first-order chi connectivity index (χ1) is 10.1. The van der Waals surface area contributed by atoms with Crippen LogP contribution >= 0.6 is 0 Å². The molecule has 3 heteroatoms. The maximum Gasteiger partial charge on any atom is 0.123 e. The van der Waals surface area contributed by atoms with E-state index in [1.165, 1.54) is 17.2 Å². The summed E-state index contributed by atoms with van der Waals surface area (Å²) in [5.74, 6) is 0.633. The second kappa shape index (κ2) is 5.86. The van der Waals surface area contributed by atoms with Crippen molar-refractivity contribution in [3.05, 3.63) is 65.0 Å². The number of nitrogens with one attached hydrogen (secondary N) is 1. The molecule has 3 N–H and O–H groups in total. The standard InChI is InChI=1S/C18H21FN2/c1-12-10-21-11-14(7-13-3-2-4-15(19)8-13)17-6-5-16(20)9-18(12)17/h2-6,8-9,12,14,21H,7,10-11,20H2,1H3/t12?,14-/m1/s1. The van der Waals surface area contributed by atoms with Crippen LogP contribution in [0.25, 0.3) is 0 Å². The van der Waals surface area contributed by atoms with Gasteiger partial charge in [0.05, 0.1) is 0 Å². The predicted molar refractivity (Wildman–Crippen MR) is 85.0 cm³/mol. The van der Waals surface area contributed by atoms with E-state index in [2.05, 4.69) is 24.4 Å². The number of nitrogens with two attached hydrogens (primary N) is 1. The molecule has 0 fully saturated rings. The minimum Gasteiger partial charge on any atom is -0.399 e. The van der Waals surface area contributed by atoms with Crippen molar-refractivity contribution in [1.82, 2.24) is 5.32 Å². The molecule has 1 unspecified atom stereocenters. The quantitative estimate of drug-likeness (QED) is 0.829. The van der Waals surface area contributed by atoms with Crippen LogP contribution in [-0.4, -0.2) is 13.1 Å². The molecule has 2 aromatic carbocycles. The van der Waals surface area contributed by atoms with Crippen LogP contribution in [0.2, 0.25) is 0 Å². The van der Waals surface area contributed by atoms with E-state index >= 15 is 0 Å². The molecule has 21 heavy (non-hydrogen) atoms. The number of rotatable bonds is 2. The summed E-state index contributed by atoms with van der Waals surface area (Å²) in [6.45, 7) is 4.09. The van der Waals surface area contributed by atoms with Crippen LogP contribution in [0, 0.1) is 5.82 Å². The van der Waals surface area contributed by atoms with Gasteiger partial charge in [-0.1, -0.05) is 25.1 Å². The second-order valence-corrected chi connectivity index (χ2v) is 5.98. The van der Waals surface area contributed by atoms with Crippen LogP contribution in [0.5, 0.6) is 0 Å². The van der Waals surface area contributed by atoms with Gasteiger partial charge in [-0.3, -0.25) is 0 Å². The first-order valence-corrected chi connectivity index (χ1v) is 7.48. The number of halogens is 1. The van der Waals surface area contributed by atoms with Crippen LogP contribution < -0.4 is 11.1 Å². The monoisotopic (exact) mass is 284 g/mol. The van der Waals surface area contributed by atoms with Crippen LogP contribution in [0.3, 0.4) is 0 Å². The minimum atomic E-state index is -0.167. The van der Waals surface area contributed by atoms with E-state index in [9.17, 15) is 4.39 Å². The third-order valence-corrected chi connectivity index (χ3v) is 4.29. The number of hydrogen-bond donors (Lipinski definition) is 2. The minimum absolute atomic E-state index is 0.167. The lowest BCUT2D eigenvalue weighted by Gasteiger charge is -2.19. The zero-order valence-corrected chi connectivity index (χ0v) is 12.3. The van der Waals surface area contributed by atoms with E-state index < -0.39 is 0 Å². The molecule has 0 spiro atoms. The van der Waals surface area contributed by atoms with Crippen molar-refractivity contribution in [3.63, 3.8) is 0 Å². The molecule has 3 rings (SSSR count). The summed E-state index contributed by atoms with van der Waals surface area (Å²) < 4.78 is 13.4. The van der Waals surface area contributed by atoms with Crippen molar-refractivity contribution in [2.45, 2.75) is 25.2 Å². The van der Waals surface area contributed by atoms with Crippen molar-refractivity contribution in [2.24, 2.45) is 0 Å². The summed E-state index contributed by atoms with van der Waals surface area (Å²) in [5, 5.41) is 3.51. The highest BCUT2D eigenvalue weighted by atomic mass is 19.1. The molecule has 2 aromatic rings. The Morgan fingerprint density at radius 3 is 2.81 bits per heavy atom. The highest BCUT2D eigenvalue weighted by Gasteiger charge is 2.22. The zero-order valence-electron chi connectivity index (χ0n) is 12.3. The third kappa shape index (κ3) is 3.08. The van der Waals surface area contributed by atoms with Crippen LogP contribution in [0.4, 0.5) is 10.1 Å². The van der Waals surface area contributed by atoms with E-state index in [4.69, 9.17) is 5.73 Å². The lowest BCUT2D eigenvalue weighted by atomic mass is 9.86. The van der Waals surface area contributed by atoms with Gasteiger partial charge in [0.25, 0.3) is 0 Å². The molecule has 0 amide bonds. The van der Waals surface area contributed by atoms with Crippen molar-refractivity contribution in [3.8, 4) is 0 Å². The summed E-state index contributed by atoms with van der Waals surface area (Å²) in [6, 6.07) is 13.1. The number of hydrogen-bond acceptors (Lipinski definition) is 2. The van der Waals surface area contributed by atoms with Gasteiger partial charge in [0.1, 0.15) is 5.82 Å². The molecule has 0 saturated heterocycles. The Bertz CT molecular complexity index is 639. The van der Waals surface area contributed by atoms with Crippen molar-refractivity contribution in [1.29, 1.82) is 0 Å². The van der Waals surface area contributed by atoms with Crippen LogP contribution in [0.1, 0.15) is 35.4 Å². The number of fused-ring (bicyclic) bond motifs is 1. The lowest BCUT2D eigenvalue weighted by molar-refractivity contribution is 0.581. The van der Waals surface area contributed by atoms with Crippen molar-refractivity contribution < 1.29 is 4.39 Å². The fourth-order valence-corrected chi connectivity index (χ4v) is 3.22. The normalized spacial score (nSPS) is 21.6. The van der Waals surface area contributed by atoms with E-state index in [0.29, 0.717) is 11.8 Å². The first kappa shape index (κ1) is 14.1. The van der Waals surface area contributed by atoms with Gasteiger partial charge in [-0.2, -0.15) is 0 Å². The molecule has 2 atom stereocenters. The molecule has 0 aromatic heterocycles. The smallest absolute Gasteiger partial charge is 0.123 e. The zero-order chi connectivity index (χ0) is 14.8. The molecular weight excluding hydrogens is 263 g/mol. The largest absolute Gasteiger partial charge is 0.399 e. The predicted octanol–water partition coefficient (Wildman–Crippen LogP) is 3.44. The Morgan fingerprint density at radius 2 is 2.00 bits per heavy atom. The van der Waals surface area contributed by atoms with Gasteiger partial charge in [0, 0.05) is 24.7 Å². The summed E-state index contributed by atoms with van der Waals surface area (Å²) in [5.41, 5.74) is 10.5. The topological polar surface area (TPSA) is 38.0 Å². The van der Waals surface area contributed by atoms with Gasteiger partial charge in [-0.15, -0.1) is 0 Å². The molecule has 110 valence electrons. The summed E-state index contributed by atoms with van der Waals surface area (Å²) >= 11 is 0. The molecule has 0 radical (unpaired) electrons. The average Bonchev–Trinajstić information content (AvgIpc) is 2.59. The molecule has 0 bridgehead atoms. The van der Waals surface area contributed by atoms with Crippen molar-refractivity contribution in [2.75, 3.05) is 18.8 Å². The molecular formula is C18H21FN2. The molecule has 1 aliphatic heterocycles. The van der Waals surface area contributed by atoms with Gasteiger partial charge in [0.2, 0.25) is 0 Å². The summed E-state index contributed by atoms with van der Waals surface area (Å²) in [6.07, 6.45) is 0.842. The second-order valence-electron chi connectivity index (χ2n) is 5.98. The third-order valence-electron chi connectivity index (χ3n) is 4.29. The fraction of sp³-hybridized carbons (Fsp3) is 0.333. The number of benzene rings is 2. The Labute approximate surface area is 125 Å². The molecule has 1 heterocycles. The highest BCUT2D eigenvalue weighted by Crippen LogP contribution is 2.32. The SMILES string of the molecule is CC1CNC[C@@H](Cc2cccc(F)c2)c2ccc(N)cc21. The Morgan fingerprint density at radius 1 is 1.14 bits per heavy atom. The Hall–Kier alpha value is -1.87. The molecule has 1 aliphatic rings. The van der Waals surface area contributed by atoms with E-state index in [1.54, 1.807) is 12.1 Å². The summed E-state index contributed by atoms with van der Waals surface area (Å²) in [4.78, 5) is 0. The maximum absolute atomic E-state index is 13.4. The molecule has 0 aliphatic carbocycles. The van der Waals surface area contributed by atoms with Crippen LogP contribution in [-0.2, 0) is 6.42 Å². The summed E-state index contributed by atoms with van der Waals surface area (Å²) in [7, 11) is 0. The van der Waals surface area contributed by atoms with Gasteiger partial charge < -0.3 is 11.1 Å². The Balaban J connectivity index is 1.94. The van der Waals surface area contributed by atoms with E-state index in [1.807, 2.05) is 12.1 Å². The van der Waals surface area contributed by atoms with Gasteiger partial charge >= 0.3 is 0 Å². The van der Waals surface area contributed by atoms with E-state index in [0.717, 1.165) is 30.8 Å². The Kier molecular flexibility index (Phi) is 3.93. The fourth-order valence-electron chi connectivity index (χ4n) is 3.22. The van der Waals surface area contributed by atoms with Gasteiger partial charge in [-0.25, -0.2) is 4.39 Å². The van der Waals surface area contributed by atoms with Gasteiger partial charge in [0.15, 0.2) is 0 Å². The van der Waals surface area contributed by atoms with E-state index in [-0.39, 0.29) is 5.82 Å². The van der Waals surface area contributed by atoms with Crippen molar-refractivity contribution >= 4 is 5.69 Å². The first-order valence-electron chi connectivity index (χ1n) is 7.48.